The molecule has 1 aromatic carbocycles. The molecule has 1 fully saturated rings. The Morgan fingerprint density at radius 2 is 1.95 bits per heavy atom. The number of carboxylic acids is 1. The van der Waals surface area contributed by atoms with Crippen molar-refractivity contribution in [3.63, 3.8) is 0 Å². The van der Waals surface area contributed by atoms with Crippen molar-refractivity contribution in [3.8, 4) is 0 Å². The molecule has 1 atom stereocenters. The maximum absolute atomic E-state index is 11.9. The minimum atomic E-state index is -3.24. The zero-order valence-electron chi connectivity index (χ0n) is 11.9. The molecule has 0 radical (unpaired) electrons. The van der Waals surface area contributed by atoms with Gasteiger partial charge in [0.2, 0.25) is 15.9 Å². The second-order valence-electron chi connectivity index (χ2n) is 5.07. The van der Waals surface area contributed by atoms with Gasteiger partial charge in [0.05, 0.1) is 5.75 Å². The molecule has 1 aliphatic heterocycles. The number of nitrogens with one attached hydrogen (secondary N) is 1. The summed E-state index contributed by atoms with van der Waals surface area (Å²) in [5, 5.41) is 11.6. The largest absolute Gasteiger partial charge is 0.479 e. The first kappa shape index (κ1) is 16.4. The van der Waals surface area contributed by atoms with Gasteiger partial charge in [0.1, 0.15) is 0 Å². The van der Waals surface area contributed by atoms with Gasteiger partial charge in [-0.3, -0.25) is 4.79 Å². The molecular weight excluding hydrogens is 308 g/mol. The van der Waals surface area contributed by atoms with E-state index in [1.807, 2.05) is 0 Å². The van der Waals surface area contributed by atoms with Crippen LogP contribution in [-0.2, 0) is 19.6 Å². The second-order valence-corrected chi connectivity index (χ2v) is 7.16. The first-order valence-electron chi connectivity index (χ1n) is 6.95. The molecular formula is C14H18N2O5S. The number of hydrogen-bond donors (Lipinski definition) is 2. The minimum Gasteiger partial charge on any atom is -0.479 e. The van der Waals surface area contributed by atoms with Crippen molar-refractivity contribution >= 4 is 21.9 Å². The lowest BCUT2D eigenvalue weighted by atomic mass is 10.1. The zero-order valence-corrected chi connectivity index (χ0v) is 12.8. The van der Waals surface area contributed by atoms with Crippen LogP contribution < -0.4 is 5.32 Å². The van der Waals surface area contributed by atoms with Gasteiger partial charge in [0, 0.05) is 19.5 Å². The predicted octanol–water partition coefficient (Wildman–Crippen LogP) is 0.354. The number of hydrogen-bond acceptors (Lipinski definition) is 4. The molecule has 0 spiro atoms. The lowest BCUT2D eigenvalue weighted by molar-refractivity contribution is -0.142. The van der Waals surface area contributed by atoms with Crippen molar-refractivity contribution in [2.24, 2.45) is 0 Å². The van der Waals surface area contributed by atoms with Gasteiger partial charge in [-0.05, 0) is 12.0 Å². The van der Waals surface area contributed by atoms with Crippen molar-refractivity contribution in [1.29, 1.82) is 0 Å². The first-order valence-corrected chi connectivity index (χ1v) is 8.56. The Morgan fingerprint density at radius 1 is 1.27 bits per heavy atom. The van der Waals surface area contributed by atoms with E-state index in [0.717, 1.165) is 0 Å². The Bertz CT molecular complexity index is 644. The topological polar surface area (TPSA) is 104 Å². The number of carboxylic acid groups (broad SMARTS) is 1. The molecule has 1 amide bonds. The van der Waals surface area contributed by atoms with Crippen LogP contribution in [0.5, 0.6) is 0 Å². The molecule has 0 bridgehead atoms. The van der Waals surface area contributed by atoms with Gasteiger partial charge in [0.25, 0.3) is 0 Å². The number of amides is 1. The minimum absolute atomic E-state index is 0.0597. The van der Waals surface area contributed by atoms with Crippen LogP contribution in [0.1, 0.15) is 24.4 Å². The van der Waals surface area contributed by atoms with E-state index in [4.69, 9.17) is 0 Å². The monoisotopic (exact) mass is 326 g/mol. The highest BCUT2D eigenvalue weighted by molar-refractivity contribution is 7.89. The van der Waals surface area contributed by atoms with Gasteiger partial charge in [-0.2, -0.15) is 0 Å². The van der Waals surface area contributed by atoms with Gasteiger partial charge in [-0.25, -0.2) is 17.5 Å². The molecule has 2 N–H and O–H groups in total. The molecule has 0 saturated carbocycles. The summed E-state index contributed by atoms with van der Waals surface area (Å²) >= 11 is 0. The van der Waals surface area contributed by atoms with Crippen LogP contribution in [-0.4, -0.2) is 48.5 Å². The quantitative estimate of drug-likeness (QED) is 0.785. The molecule has 2 rings (SSSR count). The van der Waals surface area contributed by atoms with Crippen LogP contribution in [0.3, 0.4) is 0 Å². The maximum atomic E-state index is 11.9. The van der Waals surface area contributed by atoms with E-state index >= 15 is 0 Å². The number of aliphatic carboxylic acids is 1. The highest BCUT2D eigenvalue weighted by Crippen LogP contribution is 2.15. The Hall–Kier alpha value is -1.93. The van der Waals surface area contributed by atoms with E-state index < -0.39 is 27.9 Å². The first-order chi connectivity index (χ1) is 10.4. The van der Waals surface area contributed by atoms with Crippen LogP contribution in [0.15, 0.2) is 30.3 Å². The second kappa shape index (κ2) is 6.89. The summed E-state index contributed by atoms with van der Waals surface area (Å²) in [5.74, 6) is -1.54. The standard InChI is InChI=1S/C14H18N2O5S/c17-12(7-9-16-8-4-10-22(16,20)21)15-13(14(18)19)11-5-2-1-3-6-11/h1-3,5-6,13H,4,7-10H2,(H,15,17)(H,18,19)/t13-/m1/s1. The SMILES string of the molecule is O=C(CCN1CCCS1(=O)=O)N[C@@H](C(=O)O)c1ccccc1. The van der Waals surface area contributed by atoms with Crippen LogP contribution in [0.25, 0.3) is 0 Å². The van der Waals surface area contributed by atoms with Gasteiger partial charge in [-0.15, -0.1) is 0 Å². The van der Waals surface area contributed by atoms with Crippen molar-refractivity contribution in [3.05, 3.63) is 35.9 Å². The average molecular weight is 326 g/mol. The molecule has 0 aliphatic carbocycles. The third-order valence-corrected chi connectivity index (χ3v) is 5.43. The average Bonchev–Trinajstić information content (AvgIpc) is 2.82. The van der Waals surface area contributed by atoms with Crippen LogP contribution in [0.2, 0.25) is 0 Å². The molecule has 1 heterocycles. The van der Waals surface area contributed by atoms with Gasteiger partial charge in [-0.1, -0.05) is 30.3 Å². The molecule has 1 aromatic rings. The summed E-state index contributed by atoms with van der Waals surface area (Å²) in [5.41, 5.74) is 0.470. The normalized spacial score (nSPS) is 18.7. The molecule has 8 heteroatoms. The van der Waals surface area contributed by atoms with Gasteiger partial charge < -0.3 is 10.4 Å². The van der Waals surface area contributed by atoms with E-state index in [2.05, 4.69) is 5.32 Å². The maximum Gasteiger partial charge on any atom is 0.330 e. The van der Waals surface area contributed by atoms with E-state index in [9.17, 15) is 23.1 Å². The Kier molecular flexibility index (Phi) is 5.15. The number of rotatable bonds is 6. The Balaban J connectivity index is 1.94. The molecule has 7 nitrogen and oxygen atoms in total. The number of carbonyl (C=O) groups excluding carboxylic acids is 1. The molecule has 120 valence electrons. The number of sulfonamides is 1. The Labute approximate surface area is 129 Å². The lowest BCUT2D eigenvalue weighted by Crippen LogP contribution is -2.36. The summed E-state index contributed by atoms with van der Waals surface area (Å²) in [6, 6.07) is 7.22. The van der Waals surface area contributed by atoms with Crippen molar-refractivity contribution in [2.75, 3.05) is 18.8 Å². The lowest BCUT2D eigenvalue weighted by Gasteiger charge is -2.17. The van der Waals surface area contributed by atoms with Crippen molar-refractivity contribution < 1.29 is 23.1 Å². The van der Waals surface area contributed by atoms with E-state index in [1.165, 1.54) is 4.31 Å². The molecule has 0 aromatic heterocycles. The smallest absolute Gasteiger partial charge is 0.330 e. The van der Waals surface area contributed by atoms with Crippen molar-refractivity contribution in [2.45, 2.75) is 18.9 Å². The fourth-order valence-electron chi connectivity index (χ4n) is 2.33. The number of carbonyl (C=O) groups is 2. The summed E-state index contributed by atoms with van der Waals surface area (Å²) in [6.07, 6.45) is 0.502. The summed E-state index contributed by atoms with van der Waals surface area (Å²) < 4.78 is 24.5. The third kappa shape index (κ3) is 4.05. The molecule has 1 saturated heterocycles. The van der Waals surface area contributed by atoms with E-state index in [0.29, 0.717) is 18.5 Å². The van der Waals surface area contributed by atoms with E-state index in [-0.39, 0.29) is 18.7 Å². The fraction of sp³-hybridized carbons (Fsp3) is 0.429. The fourth-order valence-corrected chi connectivity index (χ4v) is 3.86. The molecule has 22 heavy (non-hydrogen) atoms. The molecule has 0 unspecified atom stereocenters. The van der Waals surface area contributed by atoms with Crippen LogP contribution in [0.4, 0.5) is 0 Å². The van der Waals surface area contributed by atoms with E-state index in [1.54, 1.807) is 30.3 Å². The number of benzene rings is 1. The molecule has 1 aliphatic rings. The van der Waals surface area contributed by atoms with Crippen LogP contribution >= 0.6 is 0 Å². The highest BCUT2D eigenvalue weighted by Gasteiger charge is 2.29. The summed E-state index contributed by atoms with van der Waals surface area (Å²) in [7, 11) is -3.24. The zero-order chi connectivity index (χ0) is 16.2. The highest BCUT2D eigenvalue weighted by atomic mass is 32.2. The third-order valence-electron chi connectivity index (χ3n) is 3.48. The van der Waals surface area contributed by atoms with Gasteiger partial charge >= 0.3 is 5.97 Å². The number of nitrogens with zero attached hydrogens (tertiary/aromatic N) is 1. The summed E-state index contributed by atoms with van der Waals surface area (Å²) in [6.45, 7) is 0.492. The van der Waals surface area contributed by atoms with Crippen LogP contribution in [0, 0.1) is 0 Å². The summed E-state index contributed by atoms with van der Waals surface area (Å²) in [4.78, 5) is 23.2. The predicted molar refractivity (Wildman–Crippen MR) is 79.6 cm³/mol. The van der Waals surface area contributed by atoms with Gasteiger partial charge in [0.15, 0.2) is 6.04 Å². The Morgan fingerprint density at radius 3 is 2.50 bits per heavy atom. The van der Waals surface area contributed by atoms with Crippen molar-refractivity contribution in [1.82, 2.24) is 9.62 Å².